The summed E-state index contributed by atoms with van der Waals surface area (Å²) < 4.78 is 0. The minimum Gasteiger partial charge on any atom is -0.481 e. The summed E-state index contributed by atoms with van der Waals surface area (Å²) in [6, 6.07) is 0. The smallest absolute Gasteiger partial charge is 0.311 e. The Kier molecular flexibility index (Phi) is 23.1. The maximum atomic E-state index is 12.8. The largest absolute Gasteiger partial charge is 0.481 e. The summed E-state index contributed by atoms with van der Waals surface area (Å²) in [5, 5.41) is 20.9. The molecule has 1 aliphatic rings. The van der Waals surface area contributed by atoms with Gasteiger partial charge in [0.05, 0.1) is 10.8 Å². The van der Waals surface area contributed by atoms with Crippen molar-refractivity contribution >= 4 is 11.9 Å². The molecular formula is C38H70O4. The highest BCUT2D eigenvalue weighted by Gasteiger charge is 2.60. The summed E-state index contributed by atoms with van der Waals surface area (Å²) in [7, 11) is 0. The summed E-state index contributed by atoms with van der Waals surface area (Å²) in [5.41, 5.74) is -2.36. The number of hydrogen-bond acceptors (Lipinski definition) is 2. The van der Waals surface area contributed by atoms with Crippen LogP contribution in [0.5, 0.6) is 0 Å². The lowest BCUT2D eigenvalue weighted by Gasteiger charge is -2.47. The molecule has 4 heteroatoms. The molecule has 2 unspecified atom stereocenters. The van der Waals surface area contributed by atoms with Crippen LogP contribution in [0.4, 0.5) is 0 Å². The number of aliphatic carboxylic acids is 2. The van der Waals surface area contributed by atoms with E-state index >= 15 is 0 Å². The minimum atomic E-state index is -1.18. The standard InChI is InChI=1S/C38H70O4/c1-3-5-7-9-11-13-15-17-19-21-23-25-27-31-37(35(39)40)33-29-30-34-38(37,36(41)42)32-28-26-24-22-20-18-16-14-12-10-8-6-4-2/h29-30H,3-28,31-34H2,1-2H3,(H,39,40)(H,41,42). The number of carbonyl (C=O) groups is 2. The molecule has 0 fully saturated rings. The SMILES string of the molecule is CCCCCCCCCCCCCCCC1(C(=O)O)CC=CCC1(CCCCCCCCCCCCCCC)C(=O)O. The molecule has 0 amide bonds. The summed E-state index contributed by atoms with van der Waals surface area (Å²) in [6.45, 7) is 4.52. The van der Waals surface area contributed by atoms with Crippen molar-refractivity contribution in [1.82, 2.24) is 0 Å². The molecule has 0 spiro atoms. The quantitative estimate of drug-likeness (QED) is 0.0644. The lowest BCUT2D eigenvalue weighted by atomic mass is 9.54. The number of allylic oxidation sites excluding steroid dienone is 2. The molecule has 1 aliphatic carbocycles. The van der Waals surface area contributed by atoms with Crippen LogP contribution in [0.15, 0.2) is 12.2 Å². The van der Waals surface area contributed by atoms with E-state index in [1.54, 1.807) is 0 Å². The molecule has 0 aromatic rings. The minimum absolute atomic E-state index is 0.353. The van der Waals surface area contributed by atoms with E-state index < -0.39 is 22.8 Å². The predicted octanol–water partition coefficient (Wildman–Crippen LogP) is 12.4. The van der Waals surface area contributed by atoms with E-state index in [1.807, 2.05) is 12.2 Å². The van der Waals surface area contributed by atoms with Crippen LogP contribution in [-0.4, -0.2) is 22.2 Å². The highest BCUT2D eigenvalue weighted by molar-refractivity contribution is 5.87. The second kappa shape index (κ2) is 25.1. The zero-order chi connectivity index (χ0) is 30.8. The Bertz CT molecular complexity index is 643. The van der Waals surface area contributed by atoms with Crippen molar-refractivity contribution < 1.29 is 19.8 Å². The van der Waals surface area contributed by atoms with Crippen LogP contribution in [-0.2, 0) is 9.59 Å². The normalized spacial score (nSPS) is 20.2. The Balaban J connectivity index is 2.37. The van der Waals surface area contributed by atoms with Gasteiger partial charge >= 0.3 is 11.9 Å². The molecule has 2 atom stereocenters. The third kappa shape index (κ3) is 14.9. The van der Waals surface area contributed by atoms with Crippen LogP contribution < -0.4 is 0 Å². The Labute approximate surface area is 260 Å². The Morgan fingerprint density at radius 2 is 0.643 bits per heavy atom. The average Bonchev–Trinajstić information content (AvgIpc) is 2.98. The first kappa shape index (κ1) is 38.7. The fourth-order valence-corrected chi connectivity index (χ4v) is 7.33. The molecule has 0 bridgehead atoms. The van der Waals surface area contributed by atoms with Gasteiger partial charge in [0.15, 0.2) is 0 Å². The topological polar surface area (TPSA) is 74.6 Å². The number of rotatable bonds is 30. The monoisotopic (exact) mass is 591 g/mol. The summed E-state index contributed by atoms with van der Waals surface area (Å²) in [6.07, 6.45) is 38.0. The highest BCUT2D eigenvalue weighted by Crippen LogP contribution is 2.55. The molecule has 42 heavy (non-hydrogen) atoms. The molecule has 0 radical (unpaired) electrons. The van der Waals surface area contributed by atoms with Crippen LogP contribution >= 0.6 is 0 Å². The first-order valence-corrected chi connectivity index (χ1v) is 18.6. The van der Waals surface area contributed by atoms with Gasteiger partial charge in [0.2, 0.25) is 0 Å². The van der Waals surface area contributed by atoms with Gasteiger partial charge in [0, 0.05) is 0 Å². The van der Waals surface area contributed by atoms with E-state index in [9.17, 15) is 19.8 Å². The zero-order valence-corrected chi connectivity index (χ0v) is 28.1. The third-order valence-corrected chi connectivity index (χ3v) is 10.2. The Hall–Kier alpha value is -1.32. The van der Waals surface area contributed by atoms with E-state index in [0.717, 1.165) is 38.5 Å². The van der Waals surface area contributed by atoms with Gasteiger partial charge in [-0.05, 0) is 25.7 Å². The van der Waals surface area contributed by atoms with E-state index in [4.69, 9.17) is 0 Å². The van der Waals surface area contributed by atoms with Crippen molar-refractivity contribution in [1.29, 1.82) is 0 Å². The molecule has 0 aliphatic heterocycles. The van der Waals surface area contributed by atoms with Gasteiger partial charge in [-0.3, -0.25) is 9.59 Å². The van der Waals surface area contributed by atoms with E-state index in [1.165, 1.54) is 128 Å². The maximum Gasteiger partial charge on any atom is 0.311 e. The predicted molar refractivity (Wildman–Crippen MR) is 179 cm³/mol. The summed E-state index contributed by atoms with van der Waals surface area (Å²) >= 11 is 0. The van der Waals surface area contributed by atoms with E-state index in [0.29, 0.717) is 25.7 Å². The zero-order valence-electron chi connectivity index (χ0n) is 28.1. The van der Waals surface area contributed by atoms with Crippen LogP contribution in [0.3, 0.4) is 0 Å². The number of unbranched alkanes of at least 4 members (excludes halogenated alkanes) is 24. The second-order valence-corrected chi connectivity index (χ2v) is 13.6. The lowest BCUT2D eigenvalue weighted by molar-refractivity contribution is -0.177. The fourth-order valence-electron chi connectivity index (χ4n) is 7.33. The number of hydrogen-bond donors (Lipinski definition) is 2. The first-order chi connectivity index (χ1) is 20.5. The van der Waals surface area contributed by atoms with Crippen molar-refractivity contribution in [3.8, 4) is 0 Å². The van der Waals surface area contributed by atoms with Gasteiger partial charge in [-0.25, -0.2) is 0 Å². The van der Waals surface area contributed by atoms with Gasteiger partial charge in [-0.2, -0.15) is 0 Å². The fraction of sp³-hybridized carbons (Fsp3) is 0.895. The molecular weight excluding hydrogens is 520 g/mol. The third-order valence-electron chi connectivity index (χ3n) is 10.2. The van der Waals surface area contributed by atoms with Gasteiger partial charge in [0.25, 0.3) is 0 Å². The highest BCUT2D eigenvalue weighted by atomic mass is 16.4. The molecule has 246 valence electrons. The second-order valence-electron chi connectivity index (χ2n) is 13.6. The van der Waals surface area contributed by atoms with Gasteiger partial charge < -0.3 is 10.2 Å². The lowest BCUT2D eigenvalue weighted by Crippen LogP contribution is -2.53. The summed E-state index contributed by atoms with van der Waals surface area (Å²) in [5.74, 6) is -1.80. The summed E-state index contributed by atoms with van der Waals surface area (Å²) in [4.78, 5) is 25.6. The Morgan fingerprint density at radius 3 is 0.857 bits per heavy atom. The number of carboxylic acid groups (broad SMARTS) is 2. The molecule has 0 aromatic heterocycles. The van der Waals surface area contributed by atoms with Crippen LogP contribution in [0.1, 0.15) is 206 Å². The van der Waals surface area contributed by atoms with Crippen LogP contribution in [0.25, 0.3) is 0 Å². The number of carboxylic acids is 2. The van der Waals surface area contributed by atoms with E-state index in [-0.39, 0.29) is 0 Å². The van der Waals surface area contributed by atoms with Gasteiger partial charge in [0.1, 0.15) is 0 Å². The van der Waals surface area contributed by atoms with Crippen molar-refractivity contribution in [3.05, 3.63) is 12.2 Å². The van der Waals surface area contributed by atoms with Crippen molar-refractivity contribution in [2.45, 2.75) is 206 Å². The first-order valence-electron chi connectivity index (χ1n) is 18.6. The molecule has 1 rings (SSSR count). The van der Waals surface area contributed by atoms with Gasteiger partial charge in [-0.15, -0.1) is 0 Å². The molecule has 2 N–H and O–H groups in total. The maximum absolute atomic E-state index is 12.8. The average molecular weight is 591 g/mol. The van der Waals surface area contributed by atoms with Crippen LogP contribution in [0, 0.1) is 10.8 Å². The van der Waals surface area contributed by atoms with Crippen molar-refractivity contribution in [3.63, 3.8) is 0 Å². The van der Waals surface area contributed by atoms with Crippen molar-refractivity contribution in [2.75, 3.05) is 0 Å². The Morgan fingerprint density at radius 1 is 0.429 bits per heavy atom. The molecule has 0 aromatic carbocycles. The van der Waals surface area contributed by atoms with Gasteiger partial charge in [-0.1, -0.05) is 193 Å². The van der Waals surface area contributed by atoms with E-state index in [2.05, 4.69) is 13.8 Å². The van der Waals surface area contributed by atoms with Crippen molar-refractivity contribution in [2.24, 2.45) is 10.8 Å². The molecule has 0 heterocycles. The molecule has 4 nitrogen and oxygen atoms in total. The molecule has 0 saturated heterocycles. The molecule has 0 saturated carbocycles. The van der Waals surface area contributed by atoms with Crippen LogP contribution in [0.2, 0.25) is 0 Å².